The molecule has 0 aliphatic heterocycles. The summed E-state index contributed by atoms with van der Waals surface area (Å²) in [7, 11) is 0. The van der Waals surface area contributed by atoms with Crippen LogP contribution in [0.4, 0.5) is 0 Å². The van der Waals surface area contributed by atoms with Crippen LogP contribution in [0, 0.1) is 0 Å². The van der Waals surface area contributed by atoms with E-state index in [1.807, 2.05) is 0 Å². The number of benzene rings is 10. The predicted octanol–water partition coefficient (Wildman–Crippen LogP) is 17.4. The molecule has 1 heteroatoms. The monoisotopic (exact) mass is 841 g/mol. The minimum atomic E-state index is -0.158. The molecule has 2 aromatic heterocycles. The summed E-state index contributed by atoms with van der Waals surface area (Å²) in [5.41, 5.74) is 25.4. The van der Waals surface area contributed by atoms with Gasteiger partial charge in [-0.1, -0.05) is 163 Å². The van der Waals surface area contributed by atoms with E-state index in [2.05, 4.69) is 222 Å². The van der Waals surface area contributed by atoms with Gasteiger partial charge >= 0.3 is 0 Å². The third-order valence-corrected chi connectivity index (χ3v) is 16.8. The van der Waals surface area contributed by atoms with Gasteiger partial charge in [-0.3, -0.25) is 0 Å². The van der Waals surface area contributed by atoms with Crippen LogP contribution in [0.2, 0.25) is 0 Å². The Labute approximate surface area is 384 Å². The van der Waals surface area contributed by atoms with Gasteiger partial charge in [-0.25, -0.2) is 0 Å². The van der Waals surface area contributed by atoms with Crippen LogP contribution in [0.15, 0.2) is 176 Å². The van der Waals surface area contributed by atoms with Crippen LogP contribution in [0.3, 0.4) is 0 Å². The Morgan fingerprint density at radius 1 is 0.303 bits per heavy atom. The maximum atomic E-state index is 2.61. The molecule has 0 N–H and O–H groups in total. The minimum Gasteiger partial charge on any atom is -0.308 e. The number of hydrogen-bond donors (Lipinski definition) is 0. The van der Waals surface area contributed by atoms with Gasteiger partial charge in [0.1, 0.15) is 0 Å². The molecule has 0 spiro atoms. The minimum absolute atomic E-state index is 0.00465. The zero-order chi connectivity index (χ0) is 44.2. The van der Waals surface area contributed by atoms with Crippen molar-refractivity contribution in [3.05, 3.63) is 209 Å². The molecule has 0 amide bonds. The van der Waals surface area contributed by atoms with Gasteiger partial charge in [0.15, 0.2) is 0 Å². The van der Waals surface area contributed by atoms with Crippen molar-refractivity contribution in [2.75, 3.05) is 0 Å². The lowest BCUT2D eigenvalue weighted by Gasteiger charge is -2.22. The summed E-state index contributed by atoms with van der Waals surface area (Å²) in [5, 5.41) is 10.4. The fourth-order valence-electron chi connectivity index (χ4n) is 13.5. The topological polar surface area (TPSA) is 4.41 Å². The van der Waals surface area contributed by atoms with Crippen LogP contribution in [-0.2, 0) is 16.2 Å². The van der Waals surface area contributed by atoms with Crippen LogP contribution in [0.25, 0.3) is 115 Å². The van der Waals surface area contributed by atoms with Gasteiger partial charge in [-0.2, -0.15) is 0 Å². The first kappa shape index (κ1) is 36.8. The predicted molar refractivity (Wildman–Crippen MR) is 280 cm³/mol. The molecular formula is C65H47N. The Hall–Kier alpha value is -7.48. The third kappa shape index (κ3) is 4.47. The quantitative estimate of drug-likeness (QED) is 0.163. The molecule has 0 saturated carbocycles. The molecule has 0 unspecified atom stereocenters. The zero-order valence-corrected chi connectivity index (χ0v) is 38.2. The van der Waals surface area contributed by atoms with Gasteiger partial charge in [0.2, 0.25) is 0 Å². The summed E-state index contributed by atoms with van der Waals surface area (Å²) in [4.78, 5) is 0. The van der Waals surface area contributed by atoms with E-state index in [1.165, 1.54) is 149 Å². The Bertz CT molecular complexity index is 4180. The normalized spacial score (nSPS) is 15.8. The highest BCUT2D eigenvalue weighted by Crippen LogP contribution is 2.57. The molecule has 312 valence electrons. The number of aromatic nitrogens is 1. The van der Waals surface area contributed by atoms with Crippen LogP contribution >= 0.6 is 0 Å². The number of fused-ring (bicyclic) bond motifs is 18. The van der Waals surface area contributed by atoms with E-state index in [-0.39, 0.29) is 16.2 Å². The Morgan fingerprint density at radius 3 is 1.27 bits per heavy atom. The van der Waals surface area contributed by atoms with Crippen molar-refractivity contribution in [2.45, 2.75) is 57.8 Å². The van der Waals surface area contributed by atoms with E-state index in [1.54, 1.807) is 0 Å². The van der Waals surface area contributed by atoms with E-state index in [0.717, 1.165) is 0 Å². The lowest BCUT2D eigenvalue weighted by molar-refractivity contribution is 0.660. The van der Waals surface area contributed by atoms with Crippen molar-refractivity contribution in [3.8, 4) is 55.6 Å². The second-order valence-corrected chi connectivity index (χ2v) is 21.3. The highest BCUT2D eigenvalue weighted by molar-refractivity contribution is 6.29. The van der Waals surface area contributed by atoms with Gasteiger partial charge in [0, 0.05) is 37.8 Å². The van der Waals surface area contributed by atoms with Gasteiger partial charge in [0.05, 0.1) is 16.6 Å². The first-order chi connectivity index (χ1) is 32.0. The van der Waals surface area contributed by atoms with Crippen molar-refractivity contribution in [3.63, 3.8) is 0 Å². The van der Waals surface area contributed by atoms with Crippen molar-refractivity contribution in [1.29, 1.82) is 0 Å². The van der Waals surface area contributed by atoms with Crippen molar-refractivity contribution < 1.29 is 0 Å². The van der Waals surface area contributed by atoms with Crippen LogP contribution in [0.1, 0.15) is 74.9 Å². The van der Waals surface area contributed by atoms with E-state index in [4.69, 9.17) is 0 Å². The van der Waals surface area contributed by atoms with Gasteiger partial charge in [0.25, 0.3) is 0 Å². The van der Waals surface area contributed by atoms with Crippen molar-refractivity contribution in [1.82, 2.24) is 4.40 Å². The van der Waals surface area contributed by atoms with Crippen molar-refractivity contribution in [2.24, 2.45) is 0 Å². The lowest BCUT2D eigenvalue weighted by atomic mass is 9.80. The maximum Gasteiger partial charge on any atom is 0.0624 e. The highest BCUT2D eigenvalue weighted by atomic mass is 14.9. The first-order valence-electron chi connectivity index (χ1n) is 23.7. The molecule has 0 fully saturated rings. The fourth-order valence-corrected chi connectivity index (χ4v) is 13.5. The number of nitrogens with zero attached hydrogens (tertiary/aromatic N) is 1. The maximum absolute atomic E-state index is 2.61. The molecule has 15 rings (SSSR count). The summed E-state index contributed by atoms with van der Waals surface area (Å²) in [6, 6.07) is 68.0. The summed E-state index contributed by atoms with van der Waals surface area (Å²) in [6.45, 7) is 14.3. The fraction of sp³-hybridized carbons (Fsp3) is 0.138. The molecule has 12 aromatic rings. The Morgan fingerprint density at radius 2 is 0.727 bits per heavy atom. The highest BCUT2D eigenvalue weighted by Gasteiger charge is 2.40. The van der Waals surface area contributed by atoms with E-state index in [9.17, 15) is 0 Å². The van der Waals surface area contributed by atoms with E-state index < -0.39 is 0 Å². The standard InChI is InChI=1S/C65H47N/c1-63(2)53-16-10-7-13-44(53)47-29-38(23-25-56(47)63)36-19-21-40-33-58-49(31-42(40)27-36)51-35-50-46-15-9-12-18-55(46)65(5,6)61(50)60-52-32-43-28-37(20-22-41(43)34-59(52)66(58)62(51)60)39-24-26-57-48(30-39)45-14-8-11-17-54(45)64(57,3)4/h7-35H,1-6H3. The second-order valence-electron chi connectivity index (χ2n) is 21.3. The zero-order valence-electron chi connectivity index (χ0n) is 38.2. The smallest absolute Gasteiger partial charge is 0.0624 e. The summed E-state index contributed by atoms with van der Waals surface area (Å²) < 4.78 is 2.61. The average molecular weight is 842 g/mol. The van der Waals surface area contributed by atoms with Crippen LogP contribution in [-0.4, -0.2) is 4.40 Å². The number of hydrogen-bond acceptors (Lipinski definition) is 0. The molecular weight excluding hydrogens is 795 g/mol. The summed E-state index contributed by atoms with van der Waals surface area (Å²) >= 11 is 0. The molecule has 0 saturated heterocycles. The molecule has 3 aliphatic carbocycles. The molecule has 3 aliphatic rings. The summed E-state index contributed by atoms with van der Waals surface area (Å²) in [5.74, 6) is 0. The van der Waals surface area contributed by atoms with Gasteiger partial charge in [-0.05, 0) is 165 Å². The number of rotatable bonds is 2. The molecule has 1 nitrogen and oxygen atoms in total. The molecule has 10 aromatic carbocycles. The molecule has 2 heterocycles. The Kier molecular flexibility index (Phi) is 6.72. The van der Waals surface area contributed by atoms with Crippen LogP contribution < -0.4 is 0 Å². The molecule has 0 radical (unpaired) electrons. The first-order valence-corrected chi connectivity index (χ1v) is 23.7. The third-order valence-electron chi connectivity index (χ3n) is 16.8. The SMILES string of the molecule is CC1(C)c2ccccc2-c2cc(-c3ccc4cc5c(cc4c3)c3cc4c(c6c7cc8cc(-c9ccc%10c(c9)-c9ccccc9C%10(C)C)ccc8cc7n5c36)C(C)(C)c3ccccc3-4)ccc21. The molecule has 66 heavy (non-hydrogen) atoms. The van der Waals surface area contributed by atoms with E-state index in [0.29, 0.717) is 0 Å². The second kappa shape index (κ2) is 12.0. The van der Waals surface area contributed by atoms with Crippen molar-refractivity contribution >= 4 is 59.6 Å². The van der Waals surface area contributed by atoms with Gasteiger partial charge < -0.3 is 4.40 Å². The lowest BCUT2D eigenvalue weighted by Crippen LogP contribution is -2.15. The average Bonchev–Trinajstić information content (AvgIpc) is 4.04. The van der Waals surface area contributed by atoms with Gasteiger partial charge in [-0.15, -0.1) is 0 Å². The molecule has 0 atom stereocenters. The molecule has 0 bridgehead atoms. The Balaban J connectivity index is 0.952. The largest absolute Gasteiger partial charge is 0.308 e. The van der Waals surface area contributed by atoms with E-state index >= 15 is 0 Å². The van der Waals surface area contributed by atoms with Crippen LogP contribution in [0.5, 0.6) is 0 Å². The summed E-state index contributed by atoms with van der Waals surface area (Å²) in [6.07, 6.45) is 0.